The van der Waals surface area contributed by atoms with Crippen molar-refractivity contribution in [3.05, 3.63) is 59.1 Å². The summed E-state index contributed by atoms with van der Waals surface area (Å²) in [6.45, 7) is 8.24. The second-order valence-corrected chi connectivity index (χ2v) is 8.98. The van der Waals surface area contributed by atoms with E-state index in [4.69, 9.17) is 21.1 Å². The van der Waals surface area contributed by atoms with E-state index in [9.17, 15) is 9.59 Å². The Morgan fingerprint density at radius 2 is 1.82 bits per heavy atom. The maximum Gasteiger partial charge on any atom is 0.260 e. The zero-order valence-electron chi connectivity index (χ0n) is 19.6. The maximum absolute atomic E-state index is 13.2. The molecule has 1 aliphatic heterocycles. The summed E-state index contributed by atoms with van der Waals surface area (Å²) >= 11 is 5.93. The van der Waals surface area contributed by atoms with E-state index < -0.39 is 0 Å². The van der Waals surface area contributed by atoms with E-state index in [0.717, 1.165) is 12.8 Å². The molecular weight excluding hydrogens is 440 g/mol. The molecule has 6 nitrogen and oxygen atoms in total. The number of halogens is 1. The minimum atomic E-state index is -0.142. The number of ether oxygens (including phenoxy) is 2. The average Bonchev–Trinajstić information content (AvgIpc) is 2.81. The van der Waals surface area contributed by atoms with Gasteiger partial charge in [0.1, 0.15) is 18.1 Å². The van der Waals surface area contributed by atoms with Gasteiger partial charge in [0, 0.05) is 24.7 Å². The highest BCUT2D eigenvalue weighted by atomic mass is 35.5. The van der Waals surface area contributed by atoms with Gasteiger partial charge in [0.05, 0.1) is 11.6 Å². The van der Waals surface area contributed by atoms with Gasteiger partial charge in [0.2, 0.25) is 0 Å². The number of carbonyl (C=O) groups is 2. The average molecular weight is 473 g/mol. The first-order chi connectivity index (χ1) is 15.9. The summed E-state index contributed by atoms with van der Waals surface area (Å²) in [5, 5.41) is 0.619. The molecule has 0 aliphatic carbocycles. The molecule has 1 aliphatic rings. The smallest absolute Gasteiger partial charge is 0.260 e. The molecule has 0 bridgehead atoms. The molecule has 33 heavy (non-hydrogen) atoms. The Bertz CT molecular complexity index is 932. The lowest BCUT2D eigenvalue weighted by molar-refractivity contribution is -0.137. The number of fused-ring (bicyclic) bond motifs is 1. The fourth-order valence-corrected chi connectivity index (χ4v) is 4.11. The summed E-state index contributed by atoms with van der Waals surface area (Å²) in [7, 11) is 0. The van der Waals surface area contributed by atoms with Crippen molar-refractivity contribution in [2.45, 2.75) is 39.7 Å². The van der Waals surface area contributed by atoms with E-state index in [2.05, 4.69) is 13.8 Å². The van der Waals surface area contributed by atoms with Gasteiger partial charge in [-0.3, -0.25) is 9.59 Å². The van der Waals surface area contributed by atoms with Crippen molar-refractivity contribution in [1.82, 2.24) is 9.80 Å². The van der Waals surface area contributed by atoms with Crippen LogP contribution in [0.3, 0.4) is 0 Å². The molecule has 1 atom stereocenters. The standard InChI is InChI=1S/C26H33ClN2O4/c1-4-28-15-7-8-16-29(25(30)18-32-21-13-11-20(27)12-14-21)23(19(2)3)17-33-24-10-6-5-9-22(24)26(28)31/h5-6,9-14,19,23H,4,7-8,15-18H2,1-3H3/t23-/m1/s1. The largest absolute Gasteiger partial charge is 0.491 e. The first-order valence-electron chi connectivity index (χ1n) is 11.6. The monoisotopic (exact) mass is 472 g/mol. The number of hydrogen-bond acceptors (Lipinski definition) is 4. The van der Waals surface area contributed by atoms with Gasteiger partial charge in [-0.25, -0.2) is 0 Å². The van der Waals surface area contributed by atoms with Crippen molar-refractivity contribution < 1.29 is 19.1 Å². The summed E-state index contributed by atoms with van der Waals surface area (Å²) in [6, 6.07) is 14.2. The lowest BCUT2D eigenvalue weighted by Gasteiger charge is -2.35. The molecule has 0 spiro atoms. The van der Waals surface area contributed by atoms with Gasteiger partial charge >= 0.3 is 0 Å². The van der Waals surface area contributed by atoms with Crippen LogP contribution in [0.1, 0.15) is 44.0 Å². The molecule has 178 valence electrons. The zero-order valence-corrected chi connectivity index (χ0v) is 20.4. The van der Waals surface area contributed by atoms with Crippen LogP contribution in [0.25, 0.3) is 0 Å². The van der Waals surface area contributed by atoms with E-state index >= 15 is 0 Å². The van der Waals surface area contributed by atoms with Gasteiger partial charge in [-0.2, -0.15) is 0 Å². The van der Waals surface area contributed by atoms with Crippen molar-refractivity contribution in [1.29, 1.82) is 0 Å². The van der Waals surface area contributed by atoms with Crippen LogP contribution in [0.15, 0.2) is 48.5 Å². The molecule has 0 radical (unpaired) electrons. The predicted octanol–water partition coefficient (Wildman–Crippen LogP) is 4.91. The number of hydrogen-bond donors (Lipinski definition) is 0. The quantitative estimate of drug-likeness (QED) is 0.620. The highest BCUT2D eigenvalue weighted by molar-refractivity contribution is 6.30. The normalized spacial score (nSPS) is 17.6. The van der Waals surface area contributed by atoms with Crippen LogP contribution >= 0.6 is 11.6 Å². The Balaban J connectivity index is 1.80. The Morgan fingerprint density at radius 3 is 2.52 bits per heavy atom. The summed E-state index contributed by atoms with van der Waals surface area (Å²) in [4.78, 5) is 30.0. The van der Waals surface area contributed by atoms with Gasteiger partial charge in [0.15, 0.2) is 6.61 Å². The summed E-state index contributed by atoms with van der Waals surface area (Å²) in [5.74, 6) is 1.23. The maximum atomic E-state index is 13.2. The first-order valence-corrected chi connectivity index (χ1v) is 12.0. The van der Waals surface area contributed by atoms with Gasteiger partial charge in [-0.1, -0.05) is 37.6 Å². The lowest BCUT2D eigenvalue weighted by atomic mass is 10.0. The molecule has 0 N–H and O–H groups in total. The SMILES string of the molecule is CCN1CCCCN(C(=O)COc2ccc(Cl)cc2)[C@@H](C(C)C)COc2ccccc2C1=O. The molecule has 1 heterocycles. The number of amides is 2. The molecule has 2 amide bonds. The molecule has 7 heteroatoms. The molecule has 0 saturated heterocycles. The minimum absolute atomic E-state index is 0.0148. The van der Waals surface area contributed by atoms with Crippen LogP contribution in [0.4, 0.5) is 0 Å². The molecule has 0 saturated carbocycles. The van der Waals surface area contributed by atoms with Crippen molar-refractivity contribution in [2.75, 3.05) is 32.8 Å². The molecule has 2 aromatic carbocycles. The van der Waals surface area contributed by atoms with E-state index in [1.54, 1.807) is 30.3 Å². The third kappa shape index (κ3) is 6.64. The number of carbonyl (C=O) groups excluding carboxylic acids is 2. The molecule has 2 aromatic rings. The first kappa shape index (κ1) is 24.9. The van der Waals surface area contributed by atoms with Gasteiger partial charge < -0.3 is 19.3 Å². The van der Waals surface area contributed by atoms with Crippen LogP contribution in [0.5, 0.6) is 11.5 Å². The number of rotatable bonds is 5. The van der Waals surface area contributed by atoms with E-state index in [1.807, 2.05) is 34.9 Å². The molecular formula is C26H33ClN2O4. The van der Waals surface area contributed by atoms with Crippen molar-refractivity contribution in [3.8, 4) is 11.5 Å². The Hall–Kier alpha value is -2.73. The summed E-state index contributed by atoms with van der Waals surface area (Å²) in [5.41, 5.74) is 0.561. The predicted molar refractivity (Wildman–Crippen MR) is 130 cm³/mol. The Labute approximate surface area is 201 Å². The summed E-state index contributed by atoms with van der Waals surface area (Å²) < 4.78 is 11.9. The molecule has 0 aromatic heterocycles. The van der Waals surface area contributed by atoms with Gasteiger partial charge in [-0.05, 0) is 62.1 Å². The van der Waals surface area contributed by atoms with Crippen LogP contribution < -0.4 is 9.47 Å². The van der Waals surface area contributed by atoms with Crippen LogP contribution in [-0.4, -0.2) is 60.5 Å². The van der Waals surface area contributed by atoms with E-state index in [0.29, 0.717) is 48.3 Å². The van der Waals surface area contributed by atoms with Crippen molar-refractivity contribution in [2.24, 2.45) is 5.92 Å². The highest BCUT2D eigenvalue weighted by Gasteiger charge is 2.29. The van der Waals surface area contributed by atoms with Crippen LogP contribution in [-0.2, 0) is 4.79 Å². The Morgan fingerprint density at radius 1 is 1.12 bits per heavy atom. The van der Waals surface area contributed by atoms with Crippen molar-refractivity contribution >= 4 is 23.4 Å². The van der Waals surface area contributed by atoms with Crippen LogP contribution in [0.2, 0.25) is 5.02 Å². The third-order valence-electron chi connectivity index (χ3n) is 5.94. The minimum Gasteiger partial charge on any atom is -0.491 e. The van der Waals surface area contributed by atoms with Gasteiger partial charge in [0.25, 0.3) is 11.8 Å². The number of para-hydroxylation sites is 1. The second-order valence-electron chi connectivity index (χ2n) is 8.54. The second kappa shape index (κ2) is 11.9. The van der Waals surface area contributed by atoms with E-state index in [-0.39, 0.29) is 30.4 Å². The van der Waals surface area contributed by atoms with Crippen molar-refractivity contribution in [3.63, 3.8) is 0 Å². The fourth-order valence-electron chi connectivity index (χ4n) is 3.98. The third-order valence-corrected chi connectivity index (χ3v) is 6.19. The molecule has 0 unspecified atom stereocenters. The topological polar surface area (TPSA) is 59.1 Å². The zero-order chi connectivity index (χ0) is 23.8. The molecule has 0 fully saturated rings. The number of benzene rings is 2. The van der Waals surface area contributed by atoms with E-state index in [1.165, 1.54) is 0 Å². The molecule has 3 rings (SSSR count). The number of nitrogens with zero attached hydrogens (tertiary/aromatic N) is 2. The Kier molecular flexibility index (Phi) is 9.01. The fraction of sp³-hybridized carbons (Fsp3) is 0.462. The van der Waals surface area contributed by atoms with Crippen LogP contribution in [0, 0.1) is 5.92 Å². The van der Waals surface area contributed by atoms with Gasteiger partial charge in [-0.15, -0.1) is 0 Å². The lowest BCUT2D eigenvalue weighted by Crippen LogP contribution is -2.49. The highest BCUT2D eigenvalue weighted by Crippen LogP contribution is 2.24. The summed E-state index contributed by atoms with van der Waals surface area (Å²) in [6.07, 6.45) is 1.61.